The quantitative estimate of drug-likeness (QED) is 0.678. The normalized spacial score (nSPS) is 10.8. The Hall–Kier alpha value is -2.81. The lowest BCUT2D eigenvalue weighted by Crippen LogP contribution is -2.40. The molecule has 1 atom stereocenters. The highest BCUT2D eigenvalue weighted by atomic mass is 16.4. The van der Waals surface area contributed by atoms with Crippen molar-refractivity contribution in [2.75, 3.05) is 0 Å². The molecule has 1 rings (SSSR count). The van der Waals surface area contributed by atoms with E-state index in [1.165, 1.54) is 0 Å². The van der Waals surface area contributed by atoms with Gasteiger partial charge in [0.25, 0.3) is 5.91 Å². The fourth-order valence-electron chi connectivity index (χ4n) is 1.37. The van der Waals surface area contributed by atoms with Crippen LogP contribution in [0.25, 0.3) is 0 Å². The maximum Gasteiger partial charge on any atom is 0.326 e. The van der Waals surface area contributed by atoms with Crippen LogP contribution in [0.4, 0.5) is 0 Å². The number of hydrogen-bond acceptors (Lipinski definition) is 3. The monoisotopic (exact) mass is 275 g/mol. The van der Waals surface area contributed by atoms with E-state index in [9.17, 15) is 14.4 Å². The van der Waals surface area contributed by atoms with Crippen molar-refractivity contribution in [1.82, 2.24) is 5.32 Å². The topological polar surface area (TPSA) is 104 Å². The Kier molecular flexibility index (Phi) is 5.78. The van der Waals surface area contributed by atoms with Gasteiger partial charge in [0.2, 0.25) is 0 Å². The van der Waals surface area contributed by atoms with Gasteiger partial charge >= 0.3 is 11.9 Å². The van der Waals surface area contributed by atoms with E-state index in [0.717, 1.165) is 0 Å². The van der Waals surface area contributed by atoms with Crippen LogP contribution in [-0.4, -0.2) is 34.1 Å². The van der Waals surface area contributed by atoms with E-state index in [1.807, 2.05) is 0 Å². The molecule has 0 unspecified atom stereocenters. The van der Waals surface area contributed by atoms with Crippen LogP contribution in [-0.2, 0) is 14.4 Å². The molecular formula is C14H13NO5. The van der Waals surface area contributed by atoms with Crippen LogP contribution in [0.5, 0.6) is 0 Å². The fraction of sp³-hybridized carbons (Fsp3) is 0.214. The van der Waals surface area contributed by atoms with E-state index >= 15 is 0 Å². The van der Waals surface area contributed by atoms with Crippen LogP contribution in [0.1, 0.15) is 18.4 Å². The Balaban J connectivity index is 2.61. The average molecular weight is 275 g/mol. The third-order valence-electron chi connectivity index (χ3n) is 2.34. The molecule has 1 aromatic rings. The van der Waals surface area contributed by atoms with Crippen LogP contribution in [0.3, 0.4) is 0 Å². The molecule has 0 fully saturated rings. The Bertz CT molecular complexity index is 556. The van der Waals surface area contributed by atoms with Gasteiger partial charge < -0.3 is 15.5 Å². The zero-order chi connectivity index (χ0) is 15.0. The minimum absolute atomic E-state index is 0.191. The second-order valence-electron chi connectivity index (χ2n) is 3.91. The summed E-state index contributed by atoms with van der Waals surface area (Å²) in [5, 5.41) is 19.5. The van der Waals surface area contributed by atoms with Crippen molar-refractivity contribution in [2.45, 2.75) is 18.9 Å². The van der Waals surface area contributed by atoms with Crippen LogP contribution < -0.4 is 5.32 Å². The molecule has 0 spiro atoms. The highest BCUT2D eigenvalue weighted by Crippen LogP contribution is 1.98. The van der Waals surface area contributed by atoms with E-state index < -0.39 is 23.9 Å². The van der Waals surface area contributed by atoms with E-state index in [0.29, 0.717) is 5.56 Å². The molecule has 1 amide bonds. The summed E-state index contributed by atoms with van der Waals surface area (Å²) in [4.78, 5) is 32.7. The van der Waals surface area contributed by atoms with Gasteiger partial charge in [0.1, 0.15) is 6.04 Å². The zero-order valence-corrected chi connectivity index (χ0v) is 10.5. The molecule has 0 aromatic heterocycles. The molecule has 6 heteroatoms. The number of carboxylic acids is 2. The number of aliphatic carboxylic acids is 2. The van der Waals surface area contributed by atoms with Gasteiger partial charge in [-0.05, 0) is 18.6 Å². The van der Waals surface area contributed by atoms with Crippen molar-refractivity contribution in [1.29, 1.82) is 0 Å². The average Bonchev–Trinajstić information content (AvgIpc) is 2.41. The summed E-state index contributed by atoms with van der Waals surface area (Å²) in [6, 6.07) is 7.48. The number of carbonyl (C=O) groups is 3. The molecule has 0 aliphatic heterocycles. The number of nitrogens with one attached hydrogen (secondary N) is 1. The molecule has 0 heterocycles. The third kappa shape index (κ3) is 5.69. The largest absolute Gasteiger partial charge is 0.481 e. The van der Waals surface area contributed by atoms with Crippen LogP contribution in [0.2, 0.25) is 0 Å². The van der Waals surface area contributed by atoms with Gasteiger partial charge in [-0.2, -0.15) is 0 Å². The molecule has 0 saturated carbocycles. The molecule has 0 bridgehead atoms. The lowest BCUT2D eigenvalue weighted by atomic mass is 10.1. The Morgan fingerprint density at radius 3 is 2.35 bits per heavy atom. The van der Waals surface area contributed by atoms with Gasteiger partial charge in [-0.3, -0.25) is 9.59 Å². The minimum Gasteiger partial charge on any atom is -0.481 e. The summed E-state index contributed by atoms with van der Waals surface area (Å²) in [6.45, 7) is 0. The molecule has 3 N–H and O–H groups in total. The lowest BCUT2D eigenvalue weighted by molar-refractivity contribution is -0.142. The number of amides is 1. The molecule has 1 aromatic carbocycles. The van der Waals surface area contributed by atoms with Crippen LogP contribution in [0, 0.1) is 11.8 Å². The summed E-state index contributed by atoms with van der Waals surface area (Å²) in [7, 11) is 0. The molecule has 0 aliphatic rings. The second kappa shape index (κ2) is 7.59. The SMILES string of the molecule is O=C(O)CC[C@H](NC(=O)C#Cc1ccccc1)C(=O)O. The molecule has 0 saturated heterocycles. The Labute approximate surface area is 115 Å². The summed E-state index contributed by atoms with van der Waals surface area (Å²) < 4.78 is 0. The Morgan fingerprint density at radius 1 is 1.15 bits per heavy atom. The van der Waals surface area contributed by atoms with Gasteiger partial charge in [0.05, 0.1) is 0 Å². The van der Waals surface area contributed by atoms with Crippen molar-refractivity contribution in [2.24, 2.45) is 0 Å². The fourth-order valence-corrected chi connectivity index (χ4v) is 1.37. The smallest absolute Gasteiger partial charge is 0.326 e. The molecular weight excluding hydrogens is 262 g/mol. The van der Waals surface area contributed by atoms with Crippen molar-refractivity contribution < 1.29 is 24.6 Å². The van der Waals surface area contributed by atoms with Gasteiger partial charge in [-0.1, -0.05) is 24.1 Å². The summed E-state index contributed by atoms with van der Waals surface area (Å²) in [5.74, 6) is 1.67. The molecule has 0 radical (unpaired) electrons. The molecule has 0 aliphatic carbocycles. The summed E-state index contributed by atoms with van der Waals surface area (Å²) >= 11 is 0. The standard InChI is InChI=1S/C14H13NO5/c16-12(8-6-10-4-2-1-3-5-10)15-11(14(19)20)7-9-13(17)18/h1-5,11H,7,9H2,(H,15,16)(H,17,18)(H,19,20)/t11-/m0/s1. The minimum atomic E-state index is -1.29. The first kappa shape index (κ1) is 15.2. The highest BCUT2D eigenvalue weighted by Gasteiger charge is 2.19. The Morgan fingerprint density at radius 2 is 1.80 bits per heavy atom. The van der Waals surface area contributed by atoms with Crippen molar-refractivity contribution in [3.8, 4) is 11.8 Å². The van der Waals surface area contributed by atoms with Gasteiger partial charge in [0.15, 0.2) is 0 Å². The maximum absolute atomic E-state index is 11.5. The zero-order valence-electron chi connectivity index (χ0n) is 10.5. The summed E-state index contributed by atoms with van der Waals surface area (Å²) in [5.41, 5.74) is 0.625. The molecule has 104 valence electrons. The van der Waals surface area contributed by atoms with E-state index in [2.05, 4.69) is 17.2 Å². The number of benzene rings is 1. The first-order valence-electron chi connectivity index (χ1n) is 5.81. The van der Waals surface area contributed by atoms with Gasteiger partial charge in [0, 0.05) is 17.9 Å². The third-order valence-corrected chi connectivity index (χ3v) is 2.34. The second-order valence-corrected chi connectivity index (χ2v) is 3.91. The van der Waals surface area contributed by atoms with Gasteiger partial charge in [-0.15, -0.1) is 0 Å². The molecule has 20 heavy (non-hydrogen) atoms. The lowest BCUT2D eigenvalue weighted by Gasteiger charge is -2.10. The predicted octanol–water partition coefficient (Wildman–Crippen LogP) is 0.472. The van der Waals surface area contributed by atoms with Crippen LogP contribution in [0.15, 0.2) is 30.3 Å². The molecule has 6 nitrogen and oxygen atoms in total. The number of carboxylic acid groups (broad SMARTS) is 2. The number of hydrogen-bond donors (Lipinski definition) is 3. The van der Waals surface area contributed by atoms with Crippen molar-refractivity contribution >= 4 is 17.8 Å². The van der Waals surface area contributed by atoms with Gasteiger partial charge in [-0.25, -0.2) is 4.79 Å². The van der Waals surface area contributed by atoms with Crippen molar-refractivity contribution in [3.63, 3.8) is 0 Å². The van der Waals surface area contributed by atoms with E-state index in [1.54, 1.807) is 30.3 Å². The first-order chi connectivity index (χ1) is 9.49. The van der Waals surface area contributed by atoms with Crippen molar-refractivity contribution in [3.05, 3.63) is 35.9 Å². The number of rotatable bonds is 5. The van der Waals surface area contributed by atoms with E-state index in [4.69, 9.17) is 10.2 Å². The number of carbonyl (C=O) groups excluding carboxylic acids is 1. The maximum atomic E-state index is 11.5. The van der Waals surface area contributed by atoms with Crippen LogP contribution >= 0.6 is 0 Å². The first-order valence-corrected chi connectivity index (χ1v) is 5.81. The highest BCUT2D eigenvalue weighted by molar-refractivity contribution is 5.96. The predicted molar refractivity (Wildman–Crippen MR) is 69.8 cm³/mol. The summed E-state index contributed by atoms with van der Waals surface area (Å²) in [6.07, 6.45) is -0.535. The van der Waals surface area contributed by atoms with E-state index in [-0.39, 0.29) is 12.8 Å².